The summed E-state index contributed by atoms with van der Waals surface area (Å²) in [6, 6.07) is 7.82. The summed E-state index contributed by atoms with van der Waals surface area (Å²) in [6.07, 6.45) is 0.801. The molecule has 0 atom stereocenters. The Balaban J connectivity index is 2.92. The number of nitriles is 1. The molecular weight excluding hydrogens is 184 g/mol. The van der Waals surface area contributed by atoms with Gasteiger partial charge in [-0.2, -0.15) is 5.26 Å². The summed E-state index contributed by atoms with van der Waals surface area (Å²) in [7, 11) is 1.90. The highest BCUT2D eigenvalue weighted by Gasteiger charge is 2.00. The van der Waals surface area contributed by atoms with Gasteiger partial charge in [-0.1, -0.05) is 24.0 Å². The lowest BCUT2D eigenvalue weighted by atomic mass is 10.0. The molecule has 0 unspecified atom stereocenters. The van der Waals surface area contributed by atoms with Gasteiger partial charge < -0.3 is 5.32 Å². The minimum atomic E-state index is 0.659. The molecule has 1 aromatic rings. The van der Waals surface area contributed by atoms with Crippen LogP contribution in [0.2, 0.25) is 0 Å². The van der Waals surface area contributed by atoms with E-state index in [4.69, 9.17) is 5.26 Å². The number of benzene rings is 1. The standard InChI is InChI=1S/C13H14N2/c1-11-6-5-7-12(10-14)13(11)8-3-4-9-15-2/h5-7,15H,4,9H2,1-2H3. The number of nitrogens with one attached hydrogen (secondary N) is 1. The number of hydrogen-bond donors (Lipinski definition) is 1. The molecule has 0 saturated carbocycles. The minimum Gasteiger partial charge on any atom is -0.319 e. The molecule has 0 radical (unpaired) electrons. The molecule has 2 heteroatoms. The number of hydrogen-bond acceptors (Lipinski definition) is 2. The van der Waals surface area contributed by atoms with Gasteiger partial charge in [0, 0.05) is 18.5 Å². The van der Waals surface area contributed by atoms with E-state index >= 15 is 0 Å². The molecular formula is C13H14N2. The number of aryl methyl sites for hydroxylation is 1. The van der Waals surface area contributed by atoms with Crippen LogP contribution in [0.1, 0.15) is 23.1 Å². The highest BCUT2D eigenvalue weighted by molar-refractivity contribution is 5.52. The largest absolute Gasteiger partial charge is 0.319 e. The van der Waals surface area contributed by atoms with Gasteiger partial charge in [-0.25, -0.2) is 0 Å². The van der Waals surface area contributed by atoms with Crippen molar-refractivity contribution in [3.63, 3.8) is 0 Å². The lowest BCUT2D eigenvalue weighted by Crippen LogP contribution is -2.05. The third-order valence-corrected chi connectivity index (χ3v) is 2.11. The van der Waals surface area contributed by atoms with Crippen molar-refractivity contribution in [1.82, 2.24) is 5.32 Å². The Hall–Kier alpha value is -1.77. The zero-order chi connectivity index (χ0) is 11.1. The summed E-state index contributed by atoms with van der Waals surface area (Å²) in [5, 5.41) is 11.9. The third kappa shape index (κ3) is 3.13. The second kappa shape index (κ2) is 5.86. The smallest absolute Gasteiger partial charge is 0.100 e. The molecule has 0 aliphatic carbocycles. The number of rotatable bonds is 2. The predicted molar refractivity (Wildman–Crippen MR) is 61.3 cm³/mol. The van der Waals surface area contributed by atoms with E-state index in [2.05, 4.69) is 23.2 Å². The maximum atomic E-state index is 8.92. The molecule has 0 saturated heterocycles. The molecule has 76 valence electrons. The molecule has 2 nitrogen and oxygen atoms in total. The molecule has 15 heavy (non-hydrogen) atoms. The average molecular weight is 198 g/mol. The van der Waals surface area contributed by atoms with Crippen molar-refractivity contribution in [3.8, 4) is 17.9 Å². The van der Waals surface area contributed by atoms with Crippen molar-refractivity contribution >= 4 is 0 Å². The molecule has 0 aromatic heterocycles. The highest BCUT2D eigenvalue weighted by atomic mass is 14.8. The fourth-order valence-electron chi connectivity index (χ4n) is 1.27. The lowest BCUT2D eigenvalue weighted by Gasteiger charge is -1.99. The SMILES string of the molecule is CNCCC#Cc1c(C)cccc1C#N. The van der Waals surface area contributed by atoms with Crippen molar-refractivity contribution in [2.24, 2.45) is 0 Å². The first-order valence-corrected chi connectivity index (χ1v) is 4.92. The third-order valence-electron chi connectivity index (χ3n) is 2.11. The van der Waals surface area contributed by atoms with Crippen molar-refractivity contribution < 1.29 is 0 Å². The fourth-order valence-corrected chi connectivity index (χ4v) is 1.27. The van der Waals surface area contributed by atoms with E-state index in [0.717, 1.165) is 24.1 Å². The van der Waals surface area contributed by atoms with Gasteiger partial charge in [0.1, 0.15) is 6.07 Å². The van der Waals surface area contributed by atoms with Crippen molar-refractivity contribution in [1.29, 1.82) is 5.26 Å². The normalized spacial score (nSPS) is 8.87. The maximum Gasteiger partial charge on any atom is 0.100 e. The summed E-state index contributed by atoms with van der Waals surface area (Å²) in [6.45, 7) is 2.85. The van der Waals surface area contributed by atoms with Crippen molar-refractivity contribution in [2.75, 3.05) is 13.6 Å². The van der Waals surface area contributed by atoms with Gasteiger partial charge >= 0.3 is 0 Å². The van der Waals surface area contributed by atoms with E-state index in [1.807, 2.05) is 26.1 Å². The first-order chi connectivity index (χ1) is 7.29. The Morgan fingerprint density at radius 2 is 2.20 bits per heavy atom. The molecule has 0 fully saturated rings. The van der Waals surface area contributed by atoms with Gasteiger partial charge in [0.15, 0.2) is 0 Å². The van der Waals surface area contributed by atoms with E-state index in [0.29, 0.717) is 5.56 Å². The van der Waals surface area contributed by atoms with E-state index in [9.17, 15) is 0 Å². The van der Waals surface area contributed by atoms with Crippen molar-refractivity contribution in [2.45, 2.75) is 13.3 Å². The molecule has 1 aromatic carbocycles. The second-order valence-electron chi connectivity index (χ2n) is 3.26. The molecule has 0 spiro atoms. The van der Waals surface area contributed by atoms with Gasteiger partial charge in [0.05, 0.1) is 5.56 Å². The molecule has 1 rings (SSSR count). The molecule has 0 bridgehead atoms. The Bertz CT molecular complexity index is 430. The Kier molecular flexibility index (Phi) is 4.41. The molecule has 1 N–H and O–H groups in total. The maximum absolute atomic E-state index is 8.92. The predicted octanol–water partition coefficient (Wildman–Crippen LogP) is 1.83. The first-order valence-electron chi connectivity index (χ1n) is 4.92. The van der Waals surface area contributed by atoms with Crippen LogP contribution >= 0.6 is 0 Å². The van der Waals surface area contributed by atoms with Crippen LogP contribution in [0.3, 0.4) is 0 Å². The Morgan fingerprint density at radius 3 is 2.87 bits per heavy atom. The van der Waals surface area contributed by atoms with Crippen LogP contribution in [0.4, 0.5) is 0 Å². The summed E-state index contributed by atoms with van der Waals surface area (Å²) in [5.41, 5.74) is 2.58. The average Bonchev–Trinajstić information content (AvgIpc) is 2.26. The minimum absolute atomic E-state index is 0.659. The summed E-state index contributed by atoms with van der Waals surface area (Å²) in [4.78, 5) is 0. The van der Waals surface area contributed by atoms with E-state index in [1.165, 1.54) is 0 Å². The van der Waals surface area contributed by atoms with Gasteiger partial charge in [-0.3, -0.25) is 0 Å². The van der Waals surface area contributed by atoms with Gasteiger partial charge in [0.25, 0.3) is 0 Å². The van der Waals surface area contributed by atoms with E-state index < -0.39 is 0 Å². The van der Waals surface area contributed by atoms with Gasteiger partial charge in [0.2, 0.25) is 0 Å². The quantitative estimate of drug-likeness (QED) is 0.581. The molecule has 0 aliphatic heterocycles. The van der Waals surface area contributed by atoms with Crippen LogP contribution in [-0.2, 0) is 0 Å². The van der Waals surface area contributed by atoms with Crippen LogP contribution < -0.4 is 5.32 Å². The van der Waals surface area contributed by atoms with Crippen molar-refractivity contribution in [3.05, 3.63) is 34.9 Å². The van der Waals surface area contributed by atoms with Gasteiger partial charge in [-0.15, -0.1) is 0 Å². The number of nitrogens with zero attached hydrogens (tertiary/aromatic N) is 1. The van der Waals surface area contributed by atoms with E-state index in [-0.39, 0.29) is 0 Å². The van der Waals surface area contributed by atoms with Crippen LogP contribution in [0, 0.1) is 30.1 Å². The fraction of sp³-hybridized carbons (Fsp3) is 0.308. The lowest BCUT2D eigenvalue weighted by molar-refractivity contribution is 0.818. The topological polar surface area (TPSA) is 35.8 Å². The molecule has 0 aliphatic rings. The summed E-state index contributed by atoms with van der Waals surface area (Å²) >= 11 is 0. The van der Waals surface area contributed by atoms with Gasteiger partial charge in [-0.05, 0) is 25.6 Å². The Morgan fingerprint density at radius 1 is 1.40 bits per heavy atom. The van der Waals surface area contributed by atoms with Crippen LogP contribution in [-0.4, -0.2) is 13.6 Å². The molecule has 0 heterocycles. The summed E-state index contributed by atoms with van der Waals surface area (Å²) < 4.78 is 0. The Labute approximate surface area is 90.9 Å². The van der Waals surface area contributed by atoms with E-state index in [1.54, 1.807) is 6.07 Å². The van der Waals surface area contributed by atoms with Crippen LogP contribution in [0.25, 0.3) is 0 Å². The van der Waals surface area contributed by atoms with Crippen LogP contribution in [0.15, 0.2) is 18.2 Å². The second-order valence-corrected chi connectivity index (χ2v) is 3.26. The van der Waals surface area contributed by atoms with Crippen LogP contribution in [0.5, 0.6) is 0 Å². The monoisotopic (exact) mass is 198 g/mol. The zero-order valence-corrected chi connectivity index (χ0v) is 9.09. The zero-order valence-electron chi connectivity index (χ0n) is 9.09. The summed E-state index contributed by atoms with van der Waals surface area (Å²) in [5.74, 6) is 6.11. The first kappa shape index (κ1) is 11.3. The highest BCUT2D eigenvalue weighted by Crippen LogP contribution is 2.11. The molecule has 0 amide bonds.